The van der Waals surface area contributed by atoms with Gasteiger partial charge in [0.2, 0.25) is 0 Å². The molecule has 2 rings (SSSR count). The molecule has 0 amide bonds. The van der Waals surface area contributed by atoms with Crippen LogP contribution in [0.2, 0.25) is 0 Å². The largest absolute Gasteiger partial charge is 0.375 e. The number of Topliss-reactive ketones (excluding diaryl/α,β-unsaturated/α-hetero) is 1. The van der Waals surface area contributed by atoms with Crippen molar-refractivity contribution in [3.05, 3.63) is 23.7 Å². The lowest BCUT2D eigenvalue weighted by Crippen LogP contribution is -2.08. The van der Waals surface area contributed by atoms with Crippen LogP contribution >= 0.6 is 11.5 Å². The maximum atomic E-state index is 11.5. The van der Waals surface area contributed by atoms with E-state index in [4.69, 9.17) is 0 Å². The third-order valence-electron chi connectivity index (χ3n) is 2.54. The van der Waals surface area contributed by atoms with Crippen LogP contribution in [0.25, 0.3) is 0 Å². The van der Waals surface area contributed by atoms with Crippen molar-refractivity contribution in [3.63, 3.8) is 0 Å². The first-order chi connectivity index (χ1) is 8.68. The van der Waals surface area contributed by atoms with E-state index < -0.39 is 0 Å². The Hall–Kier alpha value is -1.76. The first-order valence-corrected chi connectivity index (χ1v) is 6.51. The Morgan fingerprint density at radius 2 is 2.39 bits per heavy atom. The van der Waals surface area contributed by atoms with Gasteiger partial charge in [-0.25, -0.2) is 0 Å². The number of hydrogen-bond acceptors (Lipinski definition) is 6. The summed E-state index contributed by atoms with van der Waals surface area (Å²) in [6.45, 7) is 5.01. The van der Waals surface area contributed by atoms with E-state index in [1.807, 2.05) is 13.1 Å². The fourth-order valence-corrected chi connectivity index (χ4v) is 2.57. The van der Waals surface area contributed by atoms with Crippen molar-refractivity contribution in [2.75, 3.05) is 11.9 Å². The molecule has 0 fully saturated rings. The van der Waals surface area contributed by atoms with E-state index in [9.17, 15) is 4.79 Å². The topological polar surface area (TPSA) is 72.7 Å². The number of hydrogen-bond donors (Lipinski definition) is 1. The predicted molar refractivity (Wildman–Crippen MR) is 70.0 cm³/mol. The maximum absolute atomic E-state index is 11.5. The molecule has 0 unspecified atom stereocenters. The Kier molecular flexibility index (Phi) is 4.03. The molecule has 2 heterocycles. The summed E-state index contributed by atoms with van der Waals surface area (Å²) in [6.07, 6.45) is 4.41. The molecule has 0 atom stereocenters. The minimum Gasteiger partial charge on any atom is -0.375 e. The van der Waals surface area contributed by atoms with Crippen LogP contribution in [0.15, 0.2) is 12.4 Å². The molecule has 6 nitrogen and oxygen atoms in total. The van der Waals surface area contributed by atoms with Gasteiger partial charge >= 0.3 is 0 Å². The number of rotatable bonds is 6. The quantitative estimate of drug-likeness (QED) is 0.636. The van der Waals surface area contributed by atoms with E-state index in [-0.39, 0.29) is 5.78 Å². The Balaban J connectivity index is 1.85. The number of ketones is 1. The highest BCUT2D eigenvalue weighted by Gasteiger charge is 2.13. The van der Waals surface area contributed by atoms with Crippen LogP contribution in [-0.2, 0) is 6.54 Å². The summed E-state index contributed by atoms with van der Waals surface area (Å²) in [5.74, 6) is 0.0556. The molecule has 0 aliphatic rings. The van der Waals surface area contributed by atoms with Crippen molar-refractivity contribution in [3.8, 4) is 0 Å². The second kappa shape index (κ2) is 5.72. The highest BCUT2D eigenvalue weighted by atomic mass is 32.1. The summed E-state index contributed by atoms with van der Waals surface area (Å²) in [5, 5.41) is 11.7. The molecule has 18 heavy (non-hydrogen) atoms. The molecule has 0 saturated carbocycles. The molecule has 0 aliphatic heterocycles. The zero-order valence-electron chi connectivity index (χ0n) is 10.4. The molecule has 0 aliphatic carbocycles. The lowest BCUT2D eigenvalue weighted by atomic mass is 10.2. The normalized spacial score (nSPS) is 10.6. The molecule has 0 aromatic carbocycles. The number of anilines is 1. The number of carbonyl (C=O) groups is 1. The Morgan fingerprint density at radius 3 is 3.06 bits per heavy atom. The second-order valence-electron chi connectivity index (χ2n) is 3.97. The van der Waals surface area contributed by atoms with Gasteiger partial charge in [0, 0.05) is 19.3 Å². The molecular formula is C11H15N5OS. The van der Waals surface area contributed by atoms with Crippen molar-refractivity contribution >= 4 is 22.3 Å². The van der Waals surface area contributed by atoms with Gasteiger partial charge in [0.1, 0.15) is 5.00 Å². The first-order valence-electron chi connectivity index (χ1n) is 5.73. The van der Waals surface area contributed by atoms with E-state index in [0.717, 1.165) is 30.2 Å². The van der Waals surface area contributed by atoms with E-state index in [2.05, 4.69) is 20.0 Å². The first kappa shape index (κ1) is 12.7. The average molecular weight is 265 g/mol. The fourth-order valence-electron chi connectivity index (χ4n) is 1.70. The standard InChI is InChI=1S/C11H15N5OS/c1-8-10(9(2)17)11(18-14-8)12-4-3-6-16-7-5-13-15-16/h5,7,12H,3-4,6H2,1-2H3. The van der Waals surface area contributed by atoms with Gasteiger partial charge in [-0.2, -0.15) is 4.37 Å². The SMILES string of the molecule is CC(=O)c1c(C)nsc1NCCCn1ccnn1. The van der Waals surface area contributed by atoms with Gasteiger partial charge in [0.05, 0.1) is 17.5 Å². The zero-order chi connectivity index (χ0) is 13.0. The molecule has 0 spiro atoms. The summed E-state index contributed by atoms with van der Waals surface area (Å²) < 4.78 is 5.98. The Morgan fingerprint density at radius 1 is 1.56 bits per heavy atom. The van der Waals surface area contributed by atoms with Gasteiger partial charge in [-0.1, -0.05) is 5.21 Å². The lowest BCUT2D eigenvalue weighted by Gasteiger charge is -2.05. The van der Waals surface area contributed by atoms with E-state index in [0.29, 0.717) is 5.56 Å². The van der Waals surface area contributed by atoms with Crippen LogP contribution in [0.5, 0.6) is 0 Å². The van der Waals surface area contributed by atoms with Crippen LogP contribution in [0.4, 0.5) is 5.00 Å². The smallest absolute Gasteiger partial charge is 0.164 e. The number of nitrogens with one attached hydrogen (secondary N) is 1. The van der Waals surface area contributed by atoms with Gasteiger partial charge in [0.25, 0.3) is 0 Å². The van der Waals surface area contributed by atoms with Crippen molar-refractivity contribution in [1.29, 1.82) is 0 Å². The van der Waals surface area contributed by atoms with Crippen molar-refractivity contribution in [2.24, 2.45) is 0 Å². The minimum absolute atomic E-state index is 0.0556. The Bertz CT molecular complexity index is 520. The van der Waals surface area contributed by atoms with E-state index >= 15 is 0 Å². The number of nitrogens with zero attached hydrogens (tertiary/aromatic N) is 4. The van der Waals surface area contributed by atoms with Crippen LogP contribution < -0.4 is 5.32 Å². The van der Waals surface area contributed by atoms with Crippen molar-refractivity contribution in [1.82, 2.24) is 19.4 Å². The average Bonchev–Trinajstić information content (AvgIpc) is 2.94. The molecule has 7 heteroatoms. The maximum Gasteiger partial charge on any atom is 0.164 e. The molecule has 0 radical (unpaired) electrons. The van der Waals surface area contributed by atoms with Gasteiger partial charge in [0.15, 0.2) is 5.78 Å². The highest BCUT2D eigenvalue weighted by molar-refractivity contribution is 7.10. The van der Waals surface area contributed by atoms with E-state index in [1.165, 1.54) is 11.5 Å². The van der Waals surface area contributed by atoms with Crippen molar-refractivity contribution in [2.45, 2.75) is 26.8 Å². The summed E-state index contributed by atoms with van der Waals surface area (Å²) >= 11 is 1.34. The van der Waals surface area contributed by atoms with Crippen LogP contribution in [0.3, 0.4) is 0 Å². The van der Waals surface area contributed by atoms with Crippen LogP contribution in [0, 0.1) is 6.92 Å². The van der Waals surface area contributed by atoms with Gasteiger partial charge in [-0.15, -0.1) is 5.10 Å². The highest BCUT2D eigenvalue weighted by Crippen LogP contribution is 2.24. The molecule has 96 valence electrons. The van der Waals surface area contributed by atoms with Crippen LogP contribution in [0.1, 0.15) is 29.4 Å². The van der Waals surface area contributed by atoms with E-state index in [1.54, 1.807) is 17.8 Å². The third kappa shape index (κ3) is 2.92. The number of carbonyl (C=O) groups excluding carboxylic acids is 1. The fraction of sp³-hybridized carbons (Fsp3) is 0.455. The van der Waals surface area contributed by atoms with Gasteiger partial charge in [-0.05, 0) is 31.8 Å². The molecule has 0 bridgehead atoms. The summed E-state index contributed by atoms with van der Waals surface area (Å²) in [5.41, 5.74) is 1.51. The molecule has 2 aromatic rings. The van der Waals surface area contributed by atoms with Gasteiger partial charge in [-0.3, -0.25) is 9.48 Å². The zero-order valence-corrected chi connectivity index (χ0v) is 11.2. The summed E-state index contributed by atoms with van der Waals surface area (Å²) in [6, 6.07) is 0. The van der Waals surface area contributed by atoms with Gasteiger partial charge < -0.3 is 5.32 Å². The number of aromatic nitrogens is 4. The molecule has 2 aromatic heterocycles. The minimum atomic E-state index is 0.0556. The third-order valence-corrected chi connectivity index (χ3v) is 3.43. The predicted octanol–water partition coefficient (Wildman–Crippen LogP) is 1.75. The summed E-state index contributed by atoms with van der Waals surface area (Å²) in [7, 11) is 0. The second-order valence-corrected chi connectivity index (χ2v) is 4.75. The lowest BCUT2D eigenvalue weighted by molar-refractivity contribution is 0.101. The Labute approximate surface area is 109 Å². The van der Waals surface area contributed by atoms with Crippen LogP contribution in [-0.4, -0.2) is 31.7 Å². The van der Waals surface area contributed by atoms with Crippen molar-refractivity contribution < 1.29 is 4.79 Å². The molecule has 0 saturated heterocycles. The molecular weight excluding hydrogens is 250 g/mol. The summed E-state index contributed by atoms with van der Waals surface area (Å²) in [4.78, 5) is 11.5. The molecule has 1 N–H and O–H groups in total. The number of aryl methyl sites for hydroxylation is 2. The monoisotopic (exact) mass is 265 g/mol.